The monoisotopic (exact) mass is 319 g/mol. The standard InChI is InChI=1S/C18H17N5O/c1-11-17(18-21-6-7-24-18)22-16(20)10-23(11)15-5-3-13-8-12(9-19)2-4-14(13)15/h2,4,6-8,10-11,15H,3,5,20H2,1H3. The molecule has 0 bridgehead atoms. The van der Waals surface area contributed by atoms with E-state index in [0.717, 1.165) is 18.6 Å². The summed E-state index contributed by atoms with van der Waals surface area (Å²) in [4.78, 5) is 10.9. The fraction of sp³-hybridized carbons (Fsp3) is 0.278. The lowest BCUT2D eigenvalue weighted by Crippen LogP contribution is -2.41. The van der Waals surface area contributed by atoms with Crippen molar-refractivity contribution < 1.29 is 4.42 Å². The Morgan fingerprint density at radius 2 is 2.29 bits per heavy atom. The molecule has 1 aromatic carbocycles. The van der Waals surface area contributed by atoms with Gasteiger partial charge in [0, 0.05) is 6.20 Å². The number of nitrogens with two attached hydrogens (primary N) is 1. The maximum atomic E-state index is 9.08. The van der Waals surface area contributed by atoms with Crippen molar-refractivity contribution in [1.82, 2.24) is 9.88 Å². The third kappa shape index (κ3) is 2.26. The van der Waals surface area contributed by atoms with Gasteiger partial charge in [-0.25, -0.2) is 9.98 Å². The molecule has 6 nitrogen and oxygen atoms in total. The van der Waals surface area contributed by atoms with Crippen LogP contribution in [0.5, 0.6) is 0 Å². The average molecular weight is 319 g/mol. The first-order valence-corrected chi connectivity index (χ1v) is 7.93. The zero-order valence-electron chi connectivity index (χ0n) is 13.3. The van der Waals surface area contributed by atoms with Gasteiger partial charge in [-0.15, -0.1) is 0 Å². The van der Waals surface area contributed by atoms with Crippen molar-refractivity contribution in [3.05, 3.63) is 65.3 Å². The Bertz CT molecular complexity index is 875. The van der Waals surface area contributed by atoms with Gasteiger partial charge >= 0.3 is 0 Å². The van der Waals surface area contributed by atoms with E-state index in [4.69, 9.17) is 15.4 Å². The fourth-order valence-electron chi connectivity index (χ4n) is 3.58. The number of oxazole rings is 1. The van der Waals surface area contributed by atoms with Gasteiger partial charge in [-0.2, -0.15) is 5.26 Å². The average Bonchev–Trinajstić information content (AvgIpc) is 3.25. The fourth-order valence-corrected chi connectivity index (χ4v) is 3.58. The summed E-state index contributed by atoms with van der Waals surface area (Å²) in [6.07, 6.45) is 6.99. The lowest BCUT2D eigenvalue weighted by molar-refractivity contribution is 0.251. The van der Waals surface area contributed by atoms with Crippen molar-refractivity contribution in [2.75, 3.05) is 0 Å². The molecule has 1 aliphatic heterocycles. The highest BCUT2D eigenvalue weighted by Crippen LogP contribution is 2.39. The summed E-state index contributed by atoms with van der Waals surface area (Å²) in [6, 6.07) is 8.34. The summed E-state index contributed by atoms with van der Waals surface area (Å²) < 4.78 is 5.42. The van der Waals surface area contributed by atoms with E-state index >= 15 is 0 Å². The number of nitrogens with zero attached hydrogens (tertiary/aromatic N) is 4. The van der Waals surface area contributed by atoms with Gasteiger partial charge in [0.2, 0.25) is 5.89 Å². The molecule has 2 aromatic rings. The maximum absolute atomic E-state index is 9.08. The SMILES string of the molecule is CC1C(c2ncco2)=NC(N)=CN1C1CCc2cc(C#N)ccc21. The molecule has 2 unspecified atom stereocenters. The lowest BCUT2D eigenvalue weighted by Gasteiger charge is -2.36. The second kappa shape index (κ2) is 5.53. The number of hydrogen-bond acceptors (Lipinski definition) is 6. The van der Waals surface area contributed by atoms with Gasteiger partial charge in [0.15, 0.2) is 0 Å². The van der Waals surface area contributed by atoms with Gasteiger partial charge in [0.1, 0.15) is 17.8 Å². The molecule has 1 aromatic heterocycles. The summed E-state index contributed by atoms with van der Waals surface area (Å²) in [5, 5.41) is 9.08. The number of fused-ring (bicyclic) bond motifs is 1. The van der Waals surface area contributed by atoms with Gasteiger partial charge in [0.25, 0.3) is 0 Å². The number of rotatable bonds is 2. The molecule has 4 rings (SSSR count). The Balaban J connectivity index is 1.69. The Hall–Kier alpha value is -3.07. The van der Waals surface area contributed by atoms with Gasteiger partial charge in [-0.3, -0.25) is 0 Å². The van der Waals surface area contributed by atoms with E-state index in [1.807, 2.05) is 18.3 Å². The van der Waals surface area contributed by atoms with Crippen LogP contribution < -0.4 is 5.73 Å². The predicted molar refractivity (Wildman–Crippen MR) is 88.8 cm³/mol. The highest BCUT2D eigenvalue weighted by Gasteiger charge is 2.34. The van der Waals surface area contributed by atoms with Gasteiger partial charge in [0.05, 0.1) is 29.9 Å². The Morgan fingerprint density at radius 1 is 1.42 bits per heavy atom. The maximum Gasteiger partial charge on any atom is 0.242 e. The first-order valence-electron chi connectivity index (χ1n) is 7.93. The molecule has 1 aliphatic carbocycles. The van der Waals surface area contributed by atoms with Gasteiger partial charge in [-0.05, 0) is 43.0 Å². The first-order chi connectivity index (χ1) is 11.7. The zero-order valence-corrected chi connectivity index (χ0v) is 13.3. The normalized spacial score (nSPS) is 22.6. The molecule has 2 N–H and O–H groups in total. The second-order valence-corrected chi connectivity index (χ2v) is 6.09. The van der Waals surface area contributed by atoms with Crippen LogP contribution in [0.1, 0.15) is 42.0 Å². The number of aliphatic imine (C=N–C) groups is 1. The number of aryl methyl sites for hydroxylation is 1. The Kier molecular flexibility index (Phi) is 3.35. The molecule has 2 atom stereocenters. The summed E-state index contributed by atoms with van der Waals surface area (Å²) in [5.41, 5.74) is 9.96. The van der Waals surface area contributed by atoms with Crippen LogP contribution in [-0.4, -0.2) is 21.6 Å². The van der Waals surface area contributed by atoms with Crippen molar-refractivity contribution in [3.63, 3.8) is 0 Å². The summed E-state index contributed by atoms with van der Waals surface area (Å²) in [5.74, 6) is 0.949. The van der Waals surface area contributed by atoms with Gasteiger partial charge < -0.3 is 15.1 Å². The first kappa shape index (κ1) is 14.5. The minimum Gasteiger partial charge on any atom is -0.444 e. The zero-order chi connectivity index (χ0) is 16.7. The van der Waals surface area contributed by atoms with E-state index in [1.54, 1.807) is 6.20 Å². The van der Waals surface area contributed by atoms with E-state index in [-0.39, 0.29) is 12.1 Å². The third-order valence-corrected chi connectivity index (χ3v) is 4.70. The van der Waals surface area contributed by atoms with E-state index in [1.165, 1.54) is 17.4 Å². The molecule has 0 amide bonds. The van der Waals surface area contributed by atoms with Crippen molar-refractivity contribution in [3.8, 4) is 6.07 Å². The molecule has 0 radical (unpaired) electrons. The molecule has 2 aliphatic rings. The van der Waals surface area contributed by atoms with E-state index in [2.05, 4.69) is 33.9 Å². The van der Waals surface area contributed by atoms with Crippen molar-refractivity contribution >= 4 is 5.71 Å². The molecule has 120 valence electrons. The number of benzene rings is 1. The third-order valence-electron chi connectivity index (χ3n) is 4.70. The quantitative estimate of drug-likeness (QED) is 0.918. The summed E-state index contributed by atoms with van der Waals surface area (Å²) >= 11 is 0. The molecule has 0 saturated carbocycles. The van der Waals surface area contributed by atoms with Gasteiger partial charge in [-0.1, -0.05) is 6.07 Å². The number of nitriles is 1. The van der Waals surface area contributed by atoms with Crippen LogP contribution >= 0.6 is 0 Å². The van der Waals surface area contributed by atoms with Crippen LogP contribution in [0.3, 0.4) is 0 Å². The largest absolute Gasteiger partial charge is 0.444 e. The minimum absolute atomic E-state index is 0.00235. The van der Waals surface area contributed by atoms with Crippen LogP contribution in [0.4, 0.5) is 0 Å². The lowest BCUT2D eigenvalue weighted by atomic mass is 10.0. The Labute approximate surface area is 139 Å². The molecule has 24 heavy (non-hydrogen) atoms. The number of aromatic nitrogens is 1. The van der Waals surface area contributed by atoms with Crippen molar-refractivity contribution in [1.29, 1.82) is 5.26 Å². The molecule has 0 fully saturated rings. The van der Waals surface area contributed by atoms with E-state index in [9.17, 15) is 0 Å². The highest BCUT2D eigenvalue weighted by molar-refractivity contribution is 6.01. The molecular formula is C18H17N5O. The van der Waals surface area contributed by atoms with Crippen LogP contribution in [0, 0.1) is 11.3 Å². The number of hydrogen-bond donors (Lipinski definition) is 1. The molecular weight excluding hydrogens is 302 g/mol. The van der Waals surface area contributed by atoms with Crippen LogP contribution in [0.2, 0.25) is 0 Å². The second-order valence-electron chi connectivity index (χ2n) is 6.09. The Morgan fingerprint density at radius 3 is 3.04 bits per heavy atom. The molecule has 6 heteroatoms. The van der Waals surface area contributed by atoms with E-state index < -0.39 is 0 Å². The molecule has 0 saturated heterocycles. The highest BCUT2D eigenvalue weighted by atomic mass is 16.3. The summed E-state index contributed by atoms with van der Waals surface area (Å²) in [6.45, 7) is 2.08. The van der Waals surface area contributed by atoms with Crippen LogP contribution in [0.15, 0.2) is 52.1 Å². The topological polar surface area (TPSA) is 91.4 Å². The summed E-state index contributed by atoms with van der Waals surface area (Å²) in [7, 11) is 0. The molecule has 0 spiro atoms. The van der Waals surface area contributed by atoms with E-state index in [0.29, 0.717) is 17.3 Å². The van der Waals surface area contributed by atoms with Crippen LogP contribution in [-0.2, 0) is 6.42 Å². The van der Waals surface area contributed by atoms with Crippen molar-refractivity contribution in [2.45, 2.75) is 31.8 Å². The minimum atomic E-state index is 0.00235. The predicted octanol–water partition coefficient (Wildman–Crippen LogP) is 2.48. The van der Waals surface area contributed by atoms with Crippen LogP contribution in [0.25, 0.3) is 0 Å². The smallest absolute Gasteiger partial charge is 0.242 e. The molecule has 2 heterocycles. The van der Waals surface area contributed by atoms with Crippen molar-refractivity contribution in [2.24, 2.45) is 10.7 Å².